The van der Waals surface area contributed by atoms with Crippen LogP contribution in [0, 0.1) is 0 Å². The number of alkyl halides is 1. The van der Waals surface area contributed by atoms with Gasteiger partial charge in [0.1, 0.15) is 0 Å². The van der Waals surface area contributed by atoms with Crippen LogP contribution in [0.1, 0.15) is 30.0 Å². The van der Waals surface area contributed by atoms with Gasteiger partial charge in [-0.2, -0.15) is 0 Å². The van der Waals surface area contributed by atoms with Crippen LogP contribution in [0.5, 0.6) is 0 Å². The van der Waals surface area contributed by atoms with Gasteiger partial charge in [0.2, 0.25) is 5.91 Å². The maximum atomic E-state index is 12.0. The molecule has 0 aliphatic heterocycles. The molecule has 0 heterocycles. The molecule has 110 valence electrons. The molecule has 2 nitrogen and oxygen atoms in total. The Balaban J connectivity index is 1.78. The first-order valence-corrected chi connectivity index (χ1v) is 7.77. The largest absolute Gasteiger partial charge is 0.348 e. The fourth-order valence-corrected chi connectivity index (χ4v) is 2.52. The van der Waals surface area contributed by atoms with Crippen molar-refractivity contribution in [2.45, 2.75) is 25.3 Å². The molecule has 21 heavy (non-hydrogen) atoms. The minimum atomic E-state index is -0.114. The van der Waals surface area contributed by atoms with Crippen LogP contribution in [0.2, 0.25) is 0 Å². The molecule has 0 radical (unpaired) electrons. The van der Waals surface area contributed by atoms with E-state index in [1.54, 1.807) is 0 Å². The van der Waals surface area contributed by atoms with Gasteiger partial charge in [-0.05, 0) is 24.0 Å². The molecule has 0 fully saturated rings. The van der Waals surface area contributed by atoms with Gasteiger partial charge in [0.15, 0.2) is 0 Å². The zero-order valence-corrected chi connectivity index (χ0v) is 12.7. The SMILES string of the molecule is O=C(CCCc1ccccc1)NC(CCl)c1ccccc1. The van der Waals surface area contributed by atoms with Gasteiger partial charge in [0.05, 0.1) is 6.04 Å². The number of aryl methyl sites for hydroxylation is 1. The van der Waals surface area contributed by atoms with Crippen molar-refractivity contribution < 1.29 is 4.79 Å². The summed E-state index contributed by atoms with van der Waals surface area (Å²) >= 11 is 5.96. The number of amides is 1. The average Bonchev–Trinajstić information content (AvgIpc) is 2.54. The minimum Gasteiger partial charge on any atom is -0.348 e. The van der Waals surface area contributed by atoms with Crippen LogP contribution in [0.25, 0.3) is 0 Å². The Labute approximate surface area is 131 Å². The zero-order chi connectivity index (χ0) is 14.9. The second-order valence-corrected chi connectivity index (χ2v) is 5.33. The van der Waals surface area contributed by atoms with Crippen molar-refractivity contribution in [3.63, 3.8) is 0 Å². The van der Waals surface area contributed by atoms with Crippen molar-refractivity contribution in [2.75, 3.05) is 5.88 Å². The van der Waals surface area contributed by atoms with Crippen molar-refractivity contribution >= 4 is 17.5 Å². The molecule has 2 rings (SSSR count). The highest BCUT2D eigenvalue weighted by Crippen LogP contribution is 2.14. The van der Waals surface area contributed by atoms with Gasteiger partial charge in [-0.1, -0.05) is 60.7 Å². The summed E-state index contributed by atoms with van der Waals surface area (Å²) < 4.78 is 0. The van der Waals surface area contributed by atoms with Crippen LogP contribution >= 0.6 is 11.6 Å². The summed E-state index contributed by atoms with van der Waals surface area (Å²) in [6.07, 6.45) is 2.29. The Morgan fingerprint density at radius 3 is 2.24 bits per heavy atom. The van der Waals surface area contributed by atoms with E-state index < -0.39 is 0 Å². The molecule has 1 amide bonds. The quantitative estimate of drug-likeness (QED) is 0.766. The van der Waals surface area contributed by atoms with Crippen LogP contribution in [0.3, 0.4) is 0 Å². The number of carbonyl (C=O) groups is 1. The van der Waals surface area contributed by atoms with Crippen LogP contribution in [-0.2, 0) is 11.2 Å². The summed E-state index contributed by atoms with van der Waals surface area (Å²) in [7, 11) is 0. The Morgan fingerprint density at radius 1 is 1.00 bits per heavy atom. The molecule has 2 aromatic rings. The highest BCUT2D eigenvalue weighted by molar-refractivity contribution is 6.18. The zero-order valence-electron chi connectivity index (χ0n) is 12.0. The standard InChI is InChI=1S/C18H20ClNO/c19-14-17(16-11-5-2-6-12-16)20-18(21)13-7-10-15-8-3-1-4-9-15/h1-6,8-9,11-12,17H,7,10,13-14H2,(H,20,21). The first-order valence-electron chi connectivity index (χ1n) is 7.24. The lowest BCUT2D eigenvalue weighted by Gasteiger charge is -2.16. The van der Waals surface area contributed by atoms with Crippen molar-refractivity contribution in [3.8, 4) is 0 Å². The van der Waals surface area contributed by atoms with E-state index in [2.05, 4.69) is 17.4 Å². The molecule has 0 bridgehead atoms. The van der Waals surface area contributed by atoms with Crippen LogP contribution in [0.15, 0.2) is 60.7 Å². The lowest BCUT2D eigenvalue weighted by molar-refractivity contribution is -0.121. The lowest BCUT2D eigenvalue weighted by Crippen LogP contribution is -2.29. The first kappa shape index (κ1) is 15.6. The van der Waals surface area contributed by atoms with Crippen molar-refractivity contribution in [1.29, 1.82) is 0 Å². The predicted octanol–water partition coefficient (Wildman–Crippen LogP) is 4.11. The third-order valence-corrected chi connectivity index (χ3v) is 3.71. The van der Waals surface area contributed by atoms with Gasteiger partial charge in [0, 0.05) is 12.3 Å². The molecule has 0 aliphatic rings. The highest BCUT2D eigenvalue weighted by atomic mass is 35.5. The van der Waals surface area contributed by atoms with Gasteiger partial charge in [-0.3, -0.25) is 4.79 Å². The third kappa shape index (κ3) is 5.24. The van der Waals surface area contributed by atoms with E-state index in [9.17, 15) is 4.79 Å². The van der Waals surface area contributed by atoms with Crippen LogP contribution < -0.4 is 5.32 Å². The monoisotopic (exact) mass is 301 g/mol. The summed E-state index contributed by atoms with van der Waals surface area (Å²) in [4.78, 5) is 12.0. The van der Waals surface area contributed by atoms with Gasteiger partial charge in [-0.25, -0.2) is 0 Å². The summed E-state index contributed by atoms with van der Waals surface area (Å²) in [5.41, 5.74) is 2.31. The lowest BCUT2D eigenvalue weighted by atomic mass is 10.1. The number of hydrogen-bond acceptors (Lipinski definition) is 1. The summed E-state index contributed by atoms with van der Waals surface area (Å²) in [6, 6.07) is 19.9. The number of halogens is 1. The van der Waals surface area contributed by atoms with E-state index in [0.29, 0.717) is 12.3 Å². The maximum absolute atomic E-state index is 12.0. The van der Waals surface area contributed by atoms with Crippen molar-refractivity contribution in [3.05, 3.63) is 71.8 Å². The number of rotatable bonds is 7. The summed E-state index contributed by atoms with van der Waals surface area (Å²) in [6.45, 7) is 0. The Kier molecular flexibility index (Phi) is 6.29. The van der Waals surface area contributed by atoms with E-state index in [1.165, 1.54) is 5.56 Å². The molecular formula is C18H20ClNO. The molecule has 0 saturated heterocycles. The first-order chi connectivity index (χ1) is 10.3. The molecule has 3 heteroatoms. The van der Waals surface area contributed by atoms with Crippen LogP contribution in [0.4, 0.5) is 0 Å². The van der Waals surface area contributed by atoms with E-state index in [-0.39, 0.29) is 11.9 Å². The average molecular weight is 302 g/mol. The topological polar surface area (TPSA) is 29.1 Å². The Morgan fingerprint density at radius 2 is 1.62 bits per heavy atom. The second-order valence-electron chi connectivity index (χ2n) is 5.02. The molecule has 1 N–H and O–H groups in total. The van der Waals surface area contributed by atoms with Gasteiger partial charge in [0.25, 0.3) is 0 Å². The molecule has 1 atom stereocenters. The number of nitrogens with one attached hydrogen (secondary N) is 1. The predicted molar refractivity (Wildman–Crippen MR) is 87.4 cm³/mol. The molecule has 0 aliphatic carbocycles. The summed E-state index contributed by atoms with van der Waals surface area (Å²) in [5, 5.41) is 3.00. The Hall–Kier alpha value is -1.80. The molecule has 0 spiro atoms. The minimum absolute atomic E-state index is 0.0560. The van der Waals surface area contributed by atoms with Gasteiger partial charge in [-0.15, -0.1) is 11.6 Å². The van der Waals surface area contributed by atoms with Crippen LogP contribution in [-0.4, -0.2) is 11.8 Å². The fourth-order valence-electron chi connectivity index (χ4n) is 2.26. The van der Waals surface area contributed by atoms with Gasteiger partial charge >= 0.3 is 0 Å². The number of carbonyl (C=O) groups excluding carboxylic acids is 1. The van der Waals surface area contributed by atoms with Crippen molar-refractivity contribution in [1.82, 2.24) is 5.32 Å². The number of benzene rings is 2. The van der Waals surface area contributed by atoms with E-state index >= 15 is 0 Å². The molecule has 1 unspecified atom stereocenters. The fraction of sp³-hybridized carbons (Fsp3) is 0.278. The second kappa shape index (κ2) is 8.48. The Bertz CT molecular complexity index is 542. The molecule has 2 aromatic carbocycles. The maximum Gasteiger partial charge on any atom is 0.220 e. The normalized spacial score (nSPS) is 11.9. The third-order valence-electron chi connectivity index (χ3n) is 3.40. The smallest absolute Gasteiger partial charge is 0.220 e. The van der Waals surface area contributed by atoms with Gasteiger partial charge < -0.3 is 5.32 Å². The molecule has 0 aromatic heterocycles. The molecule has 0 saturated carbocycles. The molecular weight excluding hydrogens is 282 g/mol. The highest BCUT2D eigenvalue weighted by Gasteiger charge is 2.12. The van der Waals surface area contributed by atoms with E-state index in [4.69, 9.17) is 11.6 Å². The van der Waals surface area contributed by atoms with Crippen molar-refractivity contribution in [2.24, 2.45) is 0 Å². The summed E-state index contributed by atoms with van der Waals surface area (Å²) in [5.74, 6) is 0.439. The van der Waals surface area contributed by atoms with E-state index in [0.717, 1.165) is 18.4 Å². The number of hydrogen-bond donors (Lipinski definition) is 1. The van der Waals surface area contributed by atoms with E-state index in [1.807, 2.05) is 48.5 Å².